The number of alkyl halides is 3. The number of amides is 1. The molecule has 0 spiro atoms. The number of nitrogens with zero attached hydrogens (tertiary/aromatic N) is 3. The number of aromatic nitrogens is 3. The smallest absolute Gasteiger partial charge is 0.324 e. The van der Waals surface area contributed by atoms with Gasteiger partial charge in [-0.25, -0.2) is 4.68 Å². The molecule has 2 heterocycles. The fraction of sp³-hybridized carbons (Fsp3) is 0.158. The summed E-state index contributed by atoms with van der Waals surface area (Å²) in [5.74, 6) is -0.797. The maximum atomic E-state index is 13.1. The Morgan fingerprint density at radius 1 is 1.11 bits per heavy atom. The van der Waals surface area contributed by atoms with Crippen LogP contribution in [0.2, 0.25) is 0 Å². The summed E-state index contributed by atoms with van der Waals surface area (Å²) in [5.41, 5.74) is -0.878. The van der Waals surface area contributed by atoms with Crippen molar-refractivity contribution in [3.63, 3.8) is 0 Å². The molecule has 1 atom stereocenters. The third-order valence-corrected chi connectivity index (χ3v) is 4.02. The molecule has 3 aromatic rings. The van der Waals surface area contributed by atoms with E-state index in [9.17, 15) is 22.8 Å². The van der Waals surface area contributed by atoms with Crippen molar-refractivity contribution < 1.29 is 18.0 Å². The molecule has 1 N–H and O–H groups in total. The van der Waals surface area contributed by atoms with Crippen LogP contribution in [-0.4, -0.2) is 20.7 Å². The SMILES string of the molecule is CC(C(=O)Nc1ccccc1C(F)(F)F)n1nc(-c2cccnc2)ccc1=O. The fourth-order valence-corrected chi connectivity index (χ4v) is 2.56. The molecule has 0 fully saturated rings. The number of halogens is 3. The number of hydrogen-bond acceptors (Lipinski definition) is 4. The molecule has 0 aliphatic rings. The molecule has 0 saturated heterocycles. The topological polar surface area (TPSA) is 76.9 Å². The summed E-state index contributed by atoms with van der Waals surface area (Å²) >= 11 is 0. The average molecular weight is 388 g/mol. The Labute approximate surface area is 157 Å². The van der Waals surface area contributed by atoms with E-state index in [4.69, 9.17) is 0 Å². The van der Waals surface area contributed by atoms with E-state index < -0.39 is 29.2 Å². The Hall–Kier alpha value is -3.49. The molecular weight excluding hydrogens is 373 g/mol. The third-order valence-electron chi connectivity index (χ3n) is 4.02. The Bertz CT molecular complexity index is 1050. The van der Waals surface area contributed by atoms with Gasteiger partial charge in [-0.1, -0.05) is 12.1 Å². The van der Waals surface area contributed by atoms with Crippen LogP contribution < -0.4 is 10.9 Å². The van der Waals surface area contributed by atoms with Crippen LogP contribution in [-0.2, 0) is 11.0 Å². The first-order valence-electron chi connectivity index (χ1n) is 8.25. The normalized spacial score (nSPS) is 12.4. The van der Waals surface area contributed by atoms with E-state index >= 15 is 0 Å². The highest BCUT2D eigenvalue weighted by Crippen LogP contribution is 2.34. The molecule has 0 radical (unpaired) electrons. The highest BCUT2D eigenvalue weighted by molar-refractivity contribution is 5.94. The lowest BCUT2D eigenvalue weighted by atomic mass is 10.1. The van der Waals surface area contributed by atoms with Crippen molar-refractivity contribution in [3.8, 4) is 11.3 Å². The van der Waals surface area contributed by atoms with Crippen LogP contribution in [0.3, 0.4) is 0 Å². The second kappa shape index (κ2) is 7.63. The van der Waals surface area contributed by atoms with Gasteiger partial charge in [0.15, 0.2) is 0 Å². The number of rotatable bonds is 4. The van der Waals surface area contributed by atoms with Crippen molar-refractivity contribution >= 4 is 11.6 Å². The maximum absolute atomic E-state index is 13.1. The van der Waals surface area contributed by atoms with Crippen LogP contribution in [0.5, 0.6) is 0 Å². The second-order valence-electron chi connectivity index (χ2n) is 5.95. The number of nitrogens with one attached hydrogen (secondary N) is 1. The van der Waals surface area contributed by atoms with Crippen LogP contribution in [0.1, 0.15) is 18.5 Å². The van der Waals surface area contributed by atoms with Gasteiger partial charge >= 0.3 is 6.18 Å². The van der Waals surface area contributed by atoms with Crippen molar-refractivity contribution in [3.05, 3.63) is 76.8 Å². The summed E-state index contributed by atoms with van der Waals surface area (Å²) < 4.78 is 40.2. The number of benzene rings is 1. The number of pyridine rings is 1. The van der Waals surface area contributed by atoms with Gasteiger partial charge in [-0.2, -0.15) is 18.3 Å². The van der Waals surface area contributed by atoms with Crippen molar-refractivity contribution in [2.45, 2.75) is 19.1 Å². The minimum Gasteiger partial charge on any atom is -0.324 e. The minimum absolute atomic E-state index is 0.386. The Morgan fingerprint density at radius 3 is 2.54 bits per heavy atom. The van der Waals surface area contributed by atoms with Gasteiger partial charge in [-0.3, -0.25) is 14.6 Å². The molecule has 0 saturated carbocycles. The molecule has 9 heteroatoms. The van der Waals surface area contributed by atoms with Gasteiger partial charge in [0.1, 0.15) is 6.04 Å². The van der Waals surface area contributed by atoms with Crippen molar-refractivity contribution in [1.29, 1.82) is 0 Å². The molecule has 0 aliphatic heterocycles. The van der Waals surface area contributed by atoms with Crippen molar-refractivity contribution in [2.75, 3.05) is 5.32 Å². The van der Waals surface area contributed by atoms with Crippen molar-refractivity contribution in [1.82, 2.24) is 14.8 Å². The standard InChI is InChI=1S/C19H15F3N4O2/c1-12(18(28)24-16-7-3-2-6-14(16)19(20,21)22)26-17(27)9-8-15(25-26)13-5-4-10-23-11-13/h2-12H,1H3,(H,24,28). The number of carbonyl (C=O) groups excluding carboxylic acids is 1. The highest BCUT2D eigenvalue weighted by Gasteiger charge is 2.34. The highest BCUT2D eigenvalue weighted by atomic mass is 19.4. The first-order valence-corrected chi connectivity index (χ1v) is 8.25. The van der Waals surface area contributed by atoms with Gasteiger partial charge in [0.2, 0.25) is 5.91 Å². The minimum atomic E-state index is -4.62. The summed E-state index contributed by atoms with van der Waals surface area (Å²) in [6.45, 7) is 1.38. The predicted octanol–water partition coefficient (Wildman–Crippen LogP) is 3.52. The Morgan fingerprint density at radius 2 is 1.86 bits per heavy atom. The van der Waals surface area contributed by atoms with E-state index in [0.717, 1.165) is 16.8 Å². The van der Waals surface area contributed by atoms with Gasteiger partial charge in [-0.05, 0) is 37.3 Å². The maximum Gasteiger partial charge on any atom is 0.418 e. The van der Waals surface area contributed by atoms with Crippen LogP contribution in [0.4, 0.5) is 18.9 Å². The summed E-state index contributed by atoms with van der Waals surface area (Å²) in [7, 11) is 0. The molecular formula is C19H15F3N4O2. The van der Waals surface area contributed by atoms with Gasteiger partial charge in [0.25, 0.3) is 5.56 Å². The van der Waals surface area contributed by atoms with E-state index in [1.54, 1.807) is 24.5 Å². The largest absolute Gasteiger partial charge is 0.418 e. The van der Waals surface area contributed by atoms with Crippen molar-refractivity contribution in [2.24, 2.45) is 0 Å². The lowest BCUT2D eigenvalue weighted by Gasteiger charge is -2.17. The second-order valence-corrected chi connectivity index (χ2v) is 5.95. The summed E-state index contributed by atoms with van der Waals surface area (Å²) in [5, 5.41) is 6.39. The van der Waals surface area contributed by atoms with Gasteiger partial charge in [0, 0.05) is 24.0 Å². The Balaban J connectivity index is 1.90. The van der Waals surface area contributed by atoms with E-state index in [2.05, 4.69) is 15.4 Å². The Kier molecular flexibility index (Phi) is 5.25. The third kappa shape index (κ3) is 4.08. The van der Waals surface area contributed by atoms with E-state index in [1.165, 1.54) is 31.2 Å². The molecule has 1 amide bonds. The molecule has 0 bridgehead atoms. The van der Waals surface area contributed by atoms with Crippen LogP contribution in [0.25, 0.3) is 11.3 Å². The number of para-hydroxylation sites is 1. The molecule has 2 aromatic heterocycles. The van der Waals surface area contributed by atoms with Crippen LogP contribution >= 0.6 is 0 Å². The van der Waals surface area contributed by atoms with Gasteiger partial charge in [0.05, 0.1) is 16.9 Å². The molecule has 0 aliphatic carbocycles. The first-order chi connectivity index (χ1) is 13.3. The van der Waals surface area contributed by atoms with E-state index in [1.807, 2.05) is 0 Å². The van der Waals surface area contributed by atoms with Gasteiger partial charge in [-0.15, -0.1) is 0 Å². The summed E-state index contributed by atoms with van der Waals surface area (Å²) in [6.07, 6.45) is -1.50. The quantitative estimate of drug-likeness (QED) is 0.742. The molecule has 144 valence electrons. The van der Waals surface area contributed by atoms with E-state index in [-0.39, 0.29) is 5.69 Å². The summed E-state index contributed by atoms with van der Waals surface area (Å²) in [4.78, 5) is 28.6. The fourth-order valence-electron chi connectivity index (χ4n) is 2.56. The lowest BCUT2D eigenvalue weighted by molar-refractivity contribution is -0.137. The number of carbonyl (C=O) groups is 1. The monoisotopic (exact) mass is 388 g/mol. The predicted molar refractivity (Wildman–Crippen MR) is 96.5 cm³/mol. The van der Waals surface area contributed by atoms with Gasteiger partial charge < -0.3 is 5.32 Å². The zero-order valence-corrected chi connectivity index (χ0v) is 14.6. The average Bonchev–Trinajstić information content (AvgIpc) is 2.68. The first kappa shape index (κ1) is 19.3. The van der Waals surface area contributed by atoms with Crippen LogP contribution in [0, 0.1) is 0 Å². The van der Waals surface area contributed by atoms with E-state index in [0.29, 0.717) is 11.3 Å². The number of anilines is 1. The molecule has 28 heavy (non-hydrogen) atoms. The number of hydrogen-bond donors (Lipinski definition) is 1. The molecule has 3 rings (SSSR count). The zero-order valence-electron chi connectivity index (χ0n) is 14.6. The molecule has 6 nitrogen and oxygen atoms in total. The lowest BCUT2D eigenvalue weighted by Crippen LogP contribution is -2.33. The zero-order chi connectivity index (χ0) is 20.3. The van der Waals surface area contributed by atoms with Crippen LogP contribution in [0.15, 0.2) is 65.7 Å². The molecule has 1 unspecified atom stereocenters. The summed E-state index contributed by atoms with van der Waals surface area (Å²) in [6, 6.07) is 9.64. The molecule has 1 aromatic carbocycles.